The lowest BCUT2D eigenvalue weighted by Crippen LogP contribution is -2.46. The second-order valence-corrected chi connectivity index (χ2v) is 8.17. The van der Waals surface area contributed by atoms with Crippen LogP contribution in [-0.2, 0) is 4.79 Å². The highest BCUT2D eigenvalue weighted by atomic mass is 35.5. The summed E-state index contributed by atoms with van der Waals surface area (Å²) in [5.41, 5.74) is 3.61. The van der Waals surface area contributed by atoms with Gasteiger partial charge < -0.3 is 10.1 Å². The van der Waals surface area contributed by atoms with Crippen molar-refractivity contribution in [3.63, 3.8) is 0 Å². The Labute approximate surface area is 187 Å². The van der Waals surface area contributed by atoms with Crippen molar-refractivity contribution in [1.82, 2.24) is 10.4 Å². The standard InChI is InChI=1S/C19H15Cl2N3O3S2/c1-2-27-15-6-4-3-5-11(15)9-16-17(25)24(19(28)29-16)23-18(26)22-12-7-8-13(20)14(21)10-12/h3-10H,2H2,1H3,(H2,22,23,26)/b16-9+. The van der Waals surface area contributed by atoms with Crippen LogP contribution in [0.4, 0.5) is 10.5 Å². The molecule has 10 heteroatoms. The number of rotatable bonds is 5. The summed E-state index contributed by atoms with van der Waals surface area (Å²) in [6, 6.07) is 11.3. The van der Waals surface area contributed by atoms with Gasteiger partial charge in [0.2, 0.25) is 0 Å². The first-order valence-corrected chi connectivity index (χ1v) is 10.4. The molecule has 1 saturated heterocycles. The molecule has 3 rings (SSSR count). The van der Waals surface area contributed by atoms with Crippen molar-refractivity contribution in [2.75, 3.05) is 11.9 Å². The predicted molar refractivity (Wildman–Crippen MR) is 121 cm³/mol. The summed E-state index contributed by atoms with van der Waals surface area (Å²) in [4.78, 5) is 25.3. The number of thioether (sulfide) groups is 1. The van der Waals surface area contributed by atoms with Crippen molar-refractivity contribution in [1.29, 1.82) is 0 Å². The molecule has 0 spiro atoms. The Balaban J connectivity index is 1.72. The van der Waals surface area contributed by atoms with Crippen molar-refractivity contribution in [3.05, 3.63) is 63.0 Å². The third-order valence-corrected chi connectivity index (χ3v) is 5.73. The number of ether oxygens (including phenoxy) is 1. The van der Waals surface area contributed by atoms with E-state index in [1.165, 1.54) is 6.07 Å². The van der Waals surface area contributed by atoms with Crippen LogP contribution in [-0.4, -0.2) is 27.9 Å². The van der Waals surface area contributed by atoms with Crippen LogP contribution in [0.3, 0.4) is 0 Å². The Morgan fingerprint density at radius 3 is 2.72 bits per heavy atom. The SMILES string of the molecule is CCOc1ccccc1/C=C1/SC(=S)N(NC(=O)Nc2ccc(Cl)c(Cl)c2)C1=O. The van der Waals surface area contributed by atoms with Crippen LogP contribution < -0.4 is 15.5 Å². The van der Waals surface area contributed by atoms with Crippen molar-refractivity contribution in [3.8, 4) is 5.75 Å². The van der Waals surface area contributed by atoms with E-state index in [9.17, 15) is 9.59 Å². The number of carbonyl (C=O) groups is 2. The normalized spacial score (nSPS) is 15.0. The van der Waals surface area contributed by atoms with E-state index >= 15 is 0 Å². The Hall–Kier alpha value is -2.26. The summed E-state index contributed by atoms with van der Waals surface area (Å²) in [6.07, 6.45) is 1.68. The molecule has 1 heterocycles. The number of carbonyl (C=O) groups excluding carboxylic acids is 2. The molecule has 2 aromatic carbocycles. The molecule has 29 heavy (non-hydrogen) atoms. The number of nitrogens with one attached hydrogen (secondary N) is 2. The second kappa shape index (κ2) is 9.49. The van der Waals surface area contributed by atoms with E-state index in [0.717, 1.165) is 22.3 Å². The lowest BCUT2D eigenvalue weighted by atomic mass is 10.2. The zero-order valence-corrected chi connectivity index (χ0v) is 18.2. The van der Waals surface area contributed by atoms with Crippen LogP contribution in [0.25, 0.3) is 6.08 Å². The summed E-state index contributed by atoms with van der Waals surface area (Å²) in [5.74, 6) is 0.223. The van der Waals surface area contributed by atoms with Crippen LogP contribution in [0, 0.1) is 0 Å². The van der Waals surface area contributed by atoms with Crippen LogP contribution in [0.2, 0.25) is 10.0 Å². The van der Waals surface area contributed by atoms with Crippen molar-refractivity contribution in [2.45, 2.75) is 6.92 Å². The molecule has 2 aromatic rings. The molecule has 1 aliphatic heterocycles. The number of amides is 3. The van der Waals surface area contributed by atoms with Gasteiger partial charge in [0.05, 0.1) is 21.6 Å². The van der Waals surface area contributed by atoms with Gasteiger partial charge in [0.15, 0.2) is 4.32 Å². The largest absolute Gasteiger partial charge is 0.493 e. The van der Waals surface area contributed by atoms with Gasteiger partial charge in [-0.2, -0.15) is 5.01 Å². The van der Waals surface area contributed by atoms with Crippen LogP contribution in [0.15, 0.2) is 47.4 Å². The minimum Gasteiger partial charge on any atom is -0.493 e. The summed E-state index contributed by atoms with van der Waals surface area (Å²) < 4.78 is 5.78. The van der Waals surface area contributed by atoms with Gasteiger partial charge in [-0.15, -0.1) is 0 Å². The second-order valence-electron chi connectivity index (χ2n) is 5.68. The first-order chi connectivity index (χ1) is 13.9. The Bertz CT molecular complexity index is 1010. The summed E-state index contributed by atoms with van der Waals surface area (Å²) in [6.45, 7) is 2.38. The van der Waals surface area contributed by atoms with E-state index in [1.807, 2.05) is 31.2 Å². The topological polar surface area (TPSA) is 70.7 Å². The number of hydrogen-bond donors (Lipinski definition) is 2. The quantitative estimate of drug-likeness (QED) is 0.459. The maximum Gasteiger partial charge on any atom is 0.338 e. The number of hydrogen-bond acceptors (Lipinski definition) is 5. The first kappa shape index (κ1) is 21.4. The van der Waals surface area contributed by atoms with Gasteiger partial charge in [-0.25, -0.2) is 10.2 Å². The third kappa shape index (κ3) is 5.22. The number of urea groups is 1. The van der Waals surface area contributed by atoms with Gasteiger partial charge in [0.25, 0.3) is 5.91 Å². The molecule has 150 valence electrons. The molecule has 6 nitrogen and oxygen atoms in total. The molecule has 0 aliphatic carbocycles. The zero-order valence-electron chi connectivity index (χ0n) is 15.1. The molecule has 2 N–H and O–H groups in total. The summed E-state index contributed by atoms with van der Waals surface area (Å²) >= 11 is 18.1. The Morgan fingerprint density at radius 1 is 1.24 bits per heavy atom. The van der Waals surface area contributed by atoms with Crippen LogP contribution >= 0.6 is 47.2 Å². The van der Waals surface area contributed by atoms with Gasteiger partial charge in [0, 0.05) is 11.3 Å². The van der Waals surface area contributed by atoms with E-state index in [4.69, 9.17) is 40.2 Å². The van der Waals surface area contributed by atoms with Crippen LogP contribution in [0.1, 0.15) is 12.5 Å². The Morgan fingerprint density at radius 2 is 2.00 bits per heavy atom. The number of nitrogens with zero attached hydrogens (tertiary/aromatic N) is 1. The Kier molecular flexibility index (Phi) is 7.02. The van der Waals surface area contributed by atoms with E-state index in [1.54, 1.807) is 18.2 Å². The first-order valence-electron chi connectivity index (χ1n) is 8.41. The molecular weight excluding hydrogens is 453 g/mol. The molecule has 0 bridgehead atoms. The molecule has 3 amide bonds. The molecule has 0 radical (unpaired) electrons. The molecule has 0 saturated carbocycles. The predicted octanol–water partition coefficient (Wildman–Crippen LogP) is 5.33. The highest BCUT2D eigenvalue weighted by Crippen LogP contribution is 2.33. The molecule has 1 aliphatic rings. The zero-order chi connectivity index (χ0) is 21.0. The molecule has 0 unspecified atom stereocenters. The summed E-state index contributed by atoms with van der Waals surface area (Å²) in [5, 5.41) is 4.25. The lowest BCUT2D eigenvalue weighted by molar-refractivity contribution is -0.123. The minimum atomic E-state index is -0.643. The highest BCUT2D eigenvalue weighted by molar-refractivity contribution is 8.26. The fraction of sp³-hybridized carbons (Fsp3) is 0.105. The fourth-order valence-electron chi connectivity index (χ4n) is 2.43. The van der Waals surface area contributed by atoms with Gasteiger partial charge in [0.1, 0.15) is 5.75 Å². The van der Waals surface area contributed by atoms with Crippen molar-refractivity contribution in [2.24, 2.45) is 0 Å². The molecule has 1 fully saturated rings. The van der Waals surface area contributed by atoms with Gasteiger partial charge in [-0.05, 0) is 49.5 Å². The molecule has 0 aromatic heterocycles. The lowest BCUT2D eigenvalue weighted by Gasteiger charge is -2.16. The fourth-order valence-corrected chi connectivity index (χ4v) is 3.89. The number of hydrazine groups is 1. The van der Waals surface area contributed by atoms with E-state index in [-0.39, 0.29) is 4.32 Å². The number of halogens is 2. The summed E-state index contributed by atoms with van der Waals surface area (Å²) in [7, 11) is 0. The molecule has 0 atom stereocenters. The maximum absolute atomic E-state index is 12.7. The van der Waals surface area contributed by atoms with E-state index in [0.29, 0.717) is 33.0 Å². The maximum atomic E-state index is 12.7. The smallest absolute Gasteiger partial charge is 0.338 e. The van der Waals surface area contributed by atoms with Gasteiger partial charge in [-0.3, -0.25) is 4.79 Å². The van der Waals surface area contributed by atoms with E-state index < -0.39 is 11.9 Å². The average molecular weight is 468 g/mol. The highest BCUT2D eigenvalue weighted by Gasteiger charge is 2.33. The minimum absolute atomic E-state index is 0.208. The van der Waals surface area contributed by atoms with E-state index in [2.05, 4.69) is 10.7 Å². The van der Waals surface area contributed by atoms with Crippen molar-refractivity contribution >= 4 is 75.2 Å². The third-order valence-electron chi connectivity index (χ3n) is 3.69. The van der Waals surface area contributed by atoms with Gasteiger partial charge >= 0.3 is 6.03 Å². The number of para-hydroxylation sites is 1. The number of thiocarbonyl (C=S) groups is 1. The van der Waals surface area contributed by atoms with Crippen LogP contribution in [0.5, 0.6) is 5.75 Å². The molecular formula is C19H15Cl2N3O3S2. The monoisotopic (exact) mass is 467 g/mol. The van der Waals surface area contributed by atoms with Crippen molar-refractivity contribution < 1.29 is 14.3 Å². The average Bonchev–Trinajstić information content (AvgIpc) is 2.94. The van der Waals surface area contributed by atoms with Gasteiger partial charge in [-0.1, -0.05) is 53.2 Å². The number of anilines is 1. The number of benzene rings is 2.